The highest BCUT2D eigenvalue weighted by Gasteiger charge is 2.14. The largest absolute Gasteiger partial charge is 0.450 e. The average Bonchev–Trinajstić information content (AvgIpc) is 2.45. The van der Waals surface area contributed by atoms with Crippen LogP contribution in [0.1, 0.15) is 27.2 Å². The van der Waals surface area contributed by atoms with Crippen molar-refractivity contribution in [3.63, 3.8) is 0 Å². The van der Waals surface area contributed by atoms with Gasteiger partial charge in [0.25, 0.3) is 0 Å². The number of aliphatic imine (C=N–C) groups is 1. The number of hydrogen-bond donors (Lipinski definition) is 3. The quantitative estimate of drug-likeness (QED) is 0.533. The van der Waals surface area contributed by atoms with Gasteiger partial charge in [0.2, 0.25) is 0 Å². The van der Waals surface area contributed by atoms with Gasteiger partial charge in [-0.2, -0.15) is 0 Å². The van der Waals surface area contributed by atoms with Crippen LogP contribution in [0.5, 0.6) is 0 Å². The molecule has 0 aliphatic carbocycles. The predicted octanol–water partition coefficient (Wildman–Crippen LogP) is 2.57. The lowest BCUT2D eigenvalue weighted by molar-refractivity contribution is 0.147. The second kappa shape index (κ2) is 9.65. The summed E-state index contributed by atoms with van der Waals surface area (Å²) in [6.45, 7) is 6.71. The van der Waals surface area contributed by atoms with Crippen LogP contribution in [0, 0.1) is 5.92 Å². The Balaban J connectivity index is 2.56. The second-order valence-corrected chi connectivity index (χ2v) is 5.41. The third-order valence-corrected chi connectivity index (χ3v) is 2.88. The molecule has 4 N–H and O–H groups in total. The Bertz CT molecular complexity index is 474. The molecule has 1 amide bonds. The summed E-state index contributed by atoms with van der Waals surface area (Å²) in [5, 5.41) is 5.83. The summed E-state index contributed by atoms with van der Waals surface area (Å²) in [5.41, 5.74) is 6.75. The number of anilines is 1. The fourth-order valence-electron chi connectivity index (χ4n) is 2.01. The maximum atomic E-state index is 11.5. The molecule has 6 heteroatoms. The number of alkyl carbamates (subject to hydrolysis) is 1. The Morgan fingerprint density at radius 3 is 2.59 bits per heavy atom. The van der Waals surface area contributed by atoms with Crippen molar-refractivity contribution >= 4 is 17.7 Å². The lowest BCUT2D eigenvalue weighted by Crippen LogP contribution is -2.39. The maximum Gasteiger partial charge on any atom is 0.407 e. The third-order valence-electron chi connectivity index (χ3n) is 2.88. The number of nitrogens with zero attached hydrogens (tertiary/aromatic N) is 1. The molecule has 0 aromatic heterocycles. The monoisotopic (exact) mass is 306 g/mol. The van der Waals surface area contributed by atoms with Crippen LogP contribution in [-0.2, 0) is 4.74 Å². The van der Waals surface area contributed by atoms with E-state index in [-0.39, 0.29) is 6.04 Å². The molecule has 1 unspecified atom stereocenters. The van der Waals surface area contributed by atoms with Crippen LogP contribution in [0.4, 0.5) is 10.5 Å². The summed E-state index contributed by atoms with van der Waals surface area (Å²) < 4.78 is 4.91. The minimum atomic E-state index is -0.419. The van der Waals surface area contributed by atoms with Crippen molar-refractivity contribution in [1.29, 1.82) is 0 Å². The van der Waals surface area contributed by atoms with Crippen LogP contribution >= 0.6 is 0 Å². The van der Waals surface area contributed by atoms with E-state index in [0.717, 1.165) is 12.1 Å². The number of nitrogens with two attached hydrogens (primary N) is 1. The van der Waals surface area contributed by atoms with Crippen LogP contribution in [0.2, 0.25) is 0 Å². The predicted molar refractivity (Wildman–Crippen MR) is 90.0 cm³/mol. The maximum absolute atomic E-state index is 11.5. The summed E-state index contributed by atoms with van der Waals surface area (Å²) in [6.07, 6.45) is 0.388. The number of hydrogen-bond acceptors (Lipinski definition) is 3. The molecule has 122 valence electrons. The molecule has 0 aliphatic heterocycles. The van der Waals surface area contributed by atoms with Gasteiger partial charge in [-0.05, 0) is 31.4 Å². The lowest BCUT2D eigenvalue weighted by atomic mass is 10.0. The van der Waals surface area contributed by atoms with Gasteiger partial charge in [0.05, 0.1) is 19.2 Å². The zero-order chi connectivity index (χ0) is 16.4. The van der Waals surface area contributed by atoms with Crippen LogP contribution < -0.4 is 16.4 Å². The molecular weight excluding hydrogens is 280 g/mol. The van der Waals surface area contributed by atoms with Crippen LogP contribution in [-0.4, -0.2) is 31.2 Å². The van der Waals surface area contributed by atoms with Gasteiger partial charge < -0.3 is 21.1 Å². The summed E-state index contributed by atoms with van der Waals surface area (Å²) in [6, 6.07) is 9.48. The normalized spacial score (nSPS) is 12.8. The Morgan fingerprint density at radius 2 is 2.00 bits per heavy atom. The summed E-state index contributed by atoms with van der Waals surface area (Å²) in [7, 11) is 0. The Labute approximate surface area is 132 Å². The van der Waals surface area contributed by atoms with E-state index in [9.17, 15) is 4.79 Å². The highest BCUT2D eigenvalue weighted by molar-refractivity contribution is 5.92. The van der Waals surface area contributed by atoms with E-state index in [0.29, 0.717) is 25.0 Å². The summed E-state index contributed by atoms with van der Waals surface area (Å²) >= 11 is 0. The molecule has 1 atom stereocenters. The van der Waals surface area contributed by atoms with Gasteiger partial charge in [0.1, 0.15) is 0 Å². The van der Waals surface area contributed by atoms with Gasteiger partial charge >= 0.3 is 6.09 Å². The minimum absolute atomic E-state index is 0.102. The SMILES string of the molecule is CCOC(=O)NC(CN=C(N)Nc1ccccc1)CC(C)C. The van der Waals surface area contributed by atoms with E-state index in [1.807, 2.05) is 30.3 Å². The van der Waals surface area contributed by atoms with Crippen molar-refractivity contribution < 1.29 is 9.53 Å². The first-order valence-electron chi connectivity index (χ1n) is 7.56. The molecular formula is C16H26N4O2. The highest BCUT2D eigenvalue weighted by Crippen LogP contribution is 2.07. The van der Waals surface area contributed by atoms with Crippen LogP contribution in [0.3, 0.4) is 0 Å². The van der Waals surface area contributed by atoms with Crippen molar-refractivity contribution in [2.75, 3.05) is 18.5 Å². The van der Waals surface area contributed by atoms with E-state index in [1.54, 1.807) is 6.92 Å². The van der Waals surface area contributed by atoms with E-state index in [1.165, 1.54) is 0 Å². The van der Waals surface area contributed by atoms with Gasteiger partial charge in [-0.3, -0.25) is 4.99 Å². The van der Waals surface area contributed by atoms with Crippen molar-refractivity contribution in [2.45, 2.75) is 33.2 Å². The first-order valence-corrected chi connectivity index (χ1v) is 7.56. The first kappa shape index (κ1) is 17.8. The Morgan fingerprint density at radius 1 is 1.32 bits per heavy atom. The minimum Gasteiger partial charge on any atom is -0.450 e. The fraction of sp³-hybridized carbons (Fsp3) is 0.500. The van der Waals surface area contributed by atoms with E-state index >= 15 is 0 Å². The number of benzene rings is 1. The number of rotatable bonds is 7. The molecule has 1 aromatic rings. The fourth-order valence-corrected chi connectivity index (χ4v) is 2.01. The molecule has 6 nitrogen and oxygen atoms in total. The molecule has 1 rings (SSSR count). The number of amides is 1. The van der Waals surface area contributed by atoms with Gasteiger partial charge in [-0.15, -0.1) is 0 Å². The number of guanidine groups is 1. The highest BCUT2D eigenvalue weighted by atomic mass is 16.5. The number of nitrogens with one attached hydrogen (secondary N) is 2. The van der Waals surface area contributed by atoms with Crippen molar-refractivity contribution in [3.8, 4) is 0 Å². The molecule has 0 spiro atoms. The number of carbonyl (C=O) groups is 1. The molecule has 1 aromatic carbocycles. The van der Waals surface area contributed by atoms with Crippen molar-refractivity contribution in [3.05, 3.63) is 30.3 Å². The van der Waals surface area contributed by atoms with Gasteiger partial charge in [-0.25, -0.2) is 4.79 Å². The van der Waals surface area contributed by atoms with Gasteiger partial charge in [-0.1, -0.05) is 32.0 Å². The lowest BCUT2D eigenvalue weighted by Gasteiger charge is -2.18. The number of para-hydroxylation sites is 1. The molecule has 0 saturated carbocycles. The Kier molecular flexibility index (Phi) is 7.81. The zero-order valence-electron chi connectivity index (χ0n) is 13.5. The smallest absolute Gasteiger partial charge is 0.407 e. The molecule has 0 saturated heterocycles. The first-order chi connectivity index (χ1) is 10.5. The molecule has 0 heterocycles. The van der Waals surface area contributed by atoms with Gasteiger partial charge in [0.15, 0.2) is 5.96 Å². The summed E-state index contributed by atoms with van der Waals surface area (Å²) in [5.74, 6) is 0.760. The summed E-state index contributed by atoms with van der Waals surface area (Å²) in [4.78, 5) is 15.8. The van der Waals surface area contributed by atoms with E-state index < -0.39 is 6.09 Å². The molecule has 0 fully saturated rings. The van der Waals surface area contributed by atoms with E-state index in [4.69, 9.17) is 10.5 Å². The standard InChI is InChI=1S/C16H26N4O2/c1-4-22-16(21)20-14(10-12(2)3)11-18-15(17)19-13-8-6-5-7-9-13/h5-9,12,14H,4,10-11H2,1-3H3,(H,20,21)(H3,17,18,19). The van der Waals surface area contributed by atoms with Crippen molar-refractivity contribution in [1.82, 2.24) is 5.32 Å². The zero-order valence-corrected chi connectivity index (χ0v) is 13.5. The van der Waals surface area contributed by atoms with E-state index in [2.05, 4.69) is 29.5 Å². The van der Waals surface area contributed by atoms with Crippen molar-refractivity contribution in [2.24, 2.45) is 16.6 Å². The number of carbonyl (C=O) groups excluding carboxylic acids is 1. The topological polar surface area (TPSA) is 88.7 Å². The van der Waals surface area contributed by atoms with Crippen LogP contribution in [0.25, 0.3) is 0 Å². The van der Waals surface area contributed by atoms with Gasteiger partial charge in [0, 0.05) is 5.69 Å². The second-order valence-electron chi connectivity index (χ2n) is 5.41. The average molecular weight is 306 g/mol. The third kappa shape index (κ3) is 7.52. The number of ether oxygens (including phenoxy) is 1. The molecule has 0 aliphatic rings. The van der Waals surface area contributed by atoms with Crippen LogP contribution in [0.15, 0.2) is 35.3 Å². The molecule has 22 heavy (non-hydrogen) atoms. The molecule has 0 bridgehead atoms. The molecule has 0 radical (unpaired) electrons. The Hall–Kier alpha value is -2.24.